The maximum Gasteiger partial charge on any atom is 0.243 e. The molecule has 0 aromatic heterocycles. The molecule has 0 saturated carbocycles. The zero-order valence-corrected chi connectivity index (χ0v) is 15.9. The number of nitrogens with zero attached hydrogens (tertiary/aromatic N) is 1. The van der Waals surface area contributed by atoms with Crippen molar-refractivity contribution in [2.75, 3.05) is 28.4 Å². The number of hydrogen-bond acceptors (Lipinski definition) is 5. The highest BCUT2D eigenvalue weighted by molar-refractivity contribution is 7.89. The molecule has 0 atom stereocenters. The van der Waals surface area contributed by atoms with Crippen molar-refractivity contribution in [2.24, 2.45) is 0 Å². The summed E-state index contributed by atoms with van der Waals surface area (Å²) in [6, 6.07) is 10.2. The Morgan fingerprint density at radius 2 is 1.48 bits per heavy atom. The van der Waals surface area contributed by atoms with Gasteiger partial charge in [0.15, 0.2) is 11.5 Å². The molecule has 0 radical (unpaired) electrons. The van der Waals surface area contributed by atoms with Crippen molar-refractivity contribution in [1.29, 1.82) is 0 Å². The van der Waals surface area contributed by atoms with E-state index < -0.39 is 10.0 Å². The van der Waals surface area contributed by atoms with Crippen LogP contribution in [0.25, 0.3) is 0 Å². The summed E-state index contributed by atoms with van der Waals surface area (Å²) in [4.78, 5) is 0.250. The number of rotatable bonds is 7. The predicted octanol–water partition coefficient (Wildman–Crippen LogP) is 2.84. The van der Waals surface area contributed by atoms with E-state index in [-0.39, 0.29) is 11.4 Å². The van der Waals surface area contributed by atoms with Gasteiger partial charge in [-0.25, -0.2) is 8.42 Å². The maximum absolute atomic E-state index is 12.8. The van der Waals surface area contributed by atoms with Gasteiger partial charge in [0, 0.05) is 19.2 Å². The predicted molar refractivity (Wildman–Crippen MR) is 95.9 cm³/mol. The van der Waals surface area contributed by atoms with Crippen LogP contribution in [0.1, 0.15) is 11.1 Å². The van der Waals surface area contributed by atoms with Crippen LogP contribution < -0.4 is 14.2 Å². The third-order valence-electron chi connectivity index (χ3n) is 3.91. The molecule has 0 spiro atoms. The lowest BCUT2D eigenvalue weighted by molar-refractivity contribution is 0.319. The van der Waals surface area contributed by atoms with Crippen LogP contribution in [0.15, 0.2) is 41.3 Å². The second-order valence-corrected chi connectivity index (χ2v) is 7.61. The highest BCUT2D eigenvalue weighted by atomic mass is 32.2. The summed E-state index contributed by atoms with van der Waals surface area (Å²) < 4.78 is 42.8. The van der Waals surface area contributed by atoms with Crippen molar-refractivity contribution >= 4 is 10.0 Å². The van der Waals surface area contributed by atoms with E-state index in [2.05, 4.69) is 0 Å². The first kappa shape index (κ1) is 19.1. The van der Waals surface area contributed by atoms with Crippen LogP contribution in [0.3, 0.4) is 0 Å². The molecule has 7 heteroatoms. The molecular formula is C18H23NO5S. The van der Waals surface area contributed by atoms with Crippen LogP contribution in [-0.4, -0.2) is 41.1 Å². The zero-order valence-electron chi connectivity index (χ0n) is 15.1. The molecule has 2 aromatic carbocycles. The maximum atomic E-state index is 12.8. The lowest BCUT2D eigenvalue weighted by atomic mass is 10.1. The van der Waals surface area contributed by atoms with Gasteiger partial charge >= 0.3 is 0 Å². The summed E-state index contributed by atoms with van der Waals surface area (Å²) in [6.45, 7) is 2.05. The molecule has 0 saturated heterocycles. The van der Waals surface area contributed by atoms with E-state index in [4.69, 9.17) is 14.2 Å². The Labute approximate surface area is 149 Å². The fourth-order valence-electron chi connectivity index (χ4n) is 2.50. The summed E-state index contributed by atoms with van der Waals surface area (Å²) in [7, 11) is 2.48. The van der Waals surface area contributed by atoms with Gasteiger partial charge in [-0.15, -0.1) is 0 Å². The fraction of sp³-hybridized carbons (Fsp3) is 0.333. The van der Waals surface area contributed by atoms with E-state index in [9.17, 15) is 8.42 Å². The highest BCUT2D eigenvalue weighted by Gasteiger charge is 2.24. The zero-order chi connectivity index (χ0) is 18.6. The van der Waals surface area contributed by atoms with Crippen molar-refractivity contribution in [3.05, 3.63) is 47.5 Å². The number of hydrogen-bond donors (Lipinski definition) is 0. The number of sulfonamides is 1. The smallest absolute Gasteiger partial charge is 0.243 e. The van der Waals surface area contributed by atoms with Crippen LogP contribution in [0.5, 0.6) is 17.2 Å². The first-order valence-corrected chi connectivity index (χ1v) is 9.10. The lowest BCUT2D eigenvalue weighted by Crippen LogP contribution is -2.26. The molecule has 0 aliphatic rings. The molecule has 0 unspecified atom stereocenters. The summed E-state index contributed by atoms with van der Waals surface area (Å²) in [5.74, 6) is 1.41. The monoisotopic (exact) mass is 365 g/mol. The van der Waals surface area contributed by atoms with Gasteiger partial charge in [0.25, 0.3) is 0 Å². The minimum Gasteiger partial charge on any atom is -0.493 e. The molecule has 2 aromatic rings. The summed E-state index contributed by atoms with van der Waals surface area (Å²) >= 11 is 0. The number of aryl methyl sites for hydroxylation is 1. The molecule has 0 aliphatic heterocycles. The van der Waals surface area contributed by atoms with Crippen LogP contribution in [0, 0.1) is 6.92 Å². The molecule has 136 valence electrons. The minimum atomic E-state index is -3.61. The third kappa shape index (κ3) is 3.88. The second-order valence-electron chi connectivity index (χ2n) is 5.57. The van der Waals surface area contributed by atoms with Crippen molar-refractivity contribution < 1.29 is 22.6 Å². The topological polar surface area (TPSA) is 65.1 Å². The van der Waals surface area contributed by atoms with Crippen LogP contribution >= 0.6 is 0 Å². The standard InChI is InChI=1S/C18H23NO5S/c1-13-6-9-15(10-7-13)25(20,21)19(2)12-14-8-11-16(22-3)18(24-5)17(14)23-4/h6-11H,12H2,1-5H3. The first-order valence-electron chi connectivity index (χ1n) is 7.66. The number of ether oxygens (including phenoxy) is 3. The largest absolute Gasteiger partial charge is 0.493 e. The highest BCUT2D eigenvalue weighted by Crippen LogP contribution is 2.40. The Bertz CT molecular complexity index is 831. The van der Waals surface area contributed by atoms with Crippen molar-refractivity contribution in [3.8, 4) is 17.2 Å². The Kier molecular flexibility index (Phi) is 5.92. The molecule has 25 heavy (non-hydrogen) atoms. The van der Waals surface area contributed by atoms with Gasteiger partial charge in [0.05, 0.1) is 26.2 Å². The summed E-state index contributed by atoms with van der Waals surface area (Å²) in [5, 5.41) is 0. The van der Waals surface area contributed by atoms with E-state index in [1.807, 2.05) is 6.92 Å². The Balaban J connectivity index is 2.37. The molecule has 6 nitrogen and oxygen atoms in total. The summed E-state index contributed by atoms with van der Waals surface area (Å²) in [6.07, 6.45) is 0. The third-order valence-corrected chi connectivity index (χ3v) is 5.73. The molecule has 2 rings (SSSR count). The quantitative estimate of drug-likeness (QED) is 0.755. The van der Waals surface area contributed by atoms with Crippen LogP contribution in [0.2, 0.25) is 0 Å². The molecule has 0 bridgehead atoms. The number of methoxy groups -OCH3 is 3. The molecular weight excluding hydrogens is 342 g/mol. The Morgan fingerprint density at radius 3 is 2.00 bits per heavy atom. The van der Waals surface area contributed by atoms with Crippen molar-refractivity contribution in [3.63, 3.8) is 0 Å². The van der Waals surface area contributed by atoms with E-state index in [1.54, 1.807) is 36.4 Å². The molecule has 0 N–H and O–H groups in total. The van der Waals surface area contributed by atoms with Gasteiger partial charge in [-0.2, -0.15) is 4.31 Å². The fourth-order valence-corrected chi connectivity index (χ4v) is 3.65. The molecule has 0 aliphatic carbocycles. The molecule has 0 fully saturated rings. The minimum absolute atomic E-state index is 0.139. The van der Waals surface area contributed by atoms with Gasteiger partial charge in [-0.3, -0.25) is 0 Å². The lowest BCUT2D eigenvalue weighted by Gasteiger charge is -2.21. The average Bonchev–Trinajstić information content (AvgIpc) is 2.61. The average molecular weight is 365 g/mol. The first-order chi connectivity index (χ1) is 11.8. The van der Waals surface area contributed by atoms with Crippen molar-refractivity contribution in [2.45, 2.75) is 18.4 Å². The SMILES string of the molecule is COc1ccc(CN(C)S(=O)(=O)c2ccc(C)cc2)c(OC)c1OC. The number of benzene rings is 2. The van der Waals surface area contributed by atoms with E-state index in [1.165, 1.54) is 32.7 Å². The Morgan fingerprint density at radius 1 is 0.880 bits per heavy atom. The van der Waals surface area contributed by atoms with Gasteiger partial charge in [-0.1, -0.05) is 23.8 Å². The van der Waals surface area contributed by atoms with Crippen molar-refractivity contribution in [1.82, 2.24) is 4.31 Å². The molecule has 0 heterocycles. The summed E-state index contributed by atoms with van der Waals surface area (Å²) in [5.41, 5.74) is 1.68. The Hall–Kier alpha value is -2.25. The van der Waals surface area contributed by atoms with Crippen LogP contribution in [0.4, 0.5) is 0 Å². The van der Waals surface area contributed by atoms with E-state index in [0.717, 1.165) is 5.56 Å². The van der Waals surface area contributed by atoms with Crippen LogP contribution in [-0.2, 0) is 16.6 Å². The molecule has 0 amide bonds. The van der Waals surface area contributed by atoms with Gasteiger partial charge in [-0.05, 0) is 25.1 Å². The normalized spacial score (nSPS) is 11.4. The second kappa shape index (κ2) is 7.76. The van der Waals surface area contributed by atoms with Gasteiger partial charge in [0.1, 0.15) is 0 Å². The van der Waals surface area contributed by atoms with Gasteiger partial charge < -0.3 is 14.2 Å². The van der Waals surface area contributed by atoms with E-state index in [0.29, 0.717) is 22.8 Å². The van der Waals surface area contributed by atoms with E-state index >= 15 is 0 Å². The van der Waals surface area contributed by atoms with Gasteiger partial charge in [0.2, 0.25) is 15.8 Å².